The van der Waals surface area contributed by atoms with Crippen LogP contribution < -0.4 is 9.47 Å². The summed E-state index contributed by atoms with van der Waals surface area (Å²) in [4.78, 5) is 14.0. The maximum Gasteiger partial charge on any atom is 0.127 e. The van der Waals surface area contributed by atoms with Gasteiger partial charge in [-0.2, -0.15) is 0 Å². The summed E-state index contributed by atoms with van der Waals surface area (Å²) in [6.45, 7) is 5.13. The van der Waals surface area contributed by atoms with Crippen LogP contribution in [0.2, 0.25) is 0 Å². The number of carbonyl (C=O) groups excluding carboxylic acids is 1. The normalized spacial score (nSPS) is 19.0. The summed E-state index contributed by atoms with van der Waals surface area (Å²) in [5, 5.41) is 0. The maximum atomic E-state index is 11.4. The van der Waals surface area contributed by atoms with E-state index in [-0.39, 0.29) is 5.92 Å². The van der Waals surface area contributed by atoms with Crippen molar-refractivity contribution in [1.29, 1.82) is 0 Å². The van der Waals surface area contributed by atoms with Crippen molar-refractivity contribution in [1.82, 2.24) is 4.90 Å². The Morgan fingerprint density at radius 2 is 1.94 bits per heavy atom. The molecule has 2 aromatic rings. The monoisotopic (exact) mass is 515 g/mol. The van der Waals surface area contributed by atoms with E-state index in [2.05, 4.69) is 45.1 Å². The first-order valence-corrected chi connectivity index (χ1v) is 12.8. The summed E-state index contributed by atoms with van der Waals surface area (Å²) < 4.78 is 17.7. The zero-order valence-corrected chi connectivity index (χ0v) is 21.0. The molecule has 0 bridgehead atoms. The molecule has 0 radical (unpaired) electrons. The number of benzene rings is 2. The molecule has 0 aliphatic carbocycles. The van der Waals surface area contributed by atoms with Crippen LogP contribution >= 0.6 is 15.9 Å². The Kier molecular flexibility index (Phi) is 8.82. The van der Waals surface area contributed by atoms with E-state index in [4.69, 9.17) is 14.2 Å². The topological polar surface area (TPSA) is 48.0 Å². The summed E-state index contributed by atoms with van der Waals surface area (Å²) in [5.74, 6) is 2.47. The van der Waals surface area contributed by atoms with Crippen molar-refractivity contribution in [2.24, 2.45) is 5.92 Å². The van der Waals surface area contributed by atoms with Crippen molar-refractivity contribution in [2.45, 2.75) is 38.0 Å². The molecule has 0 aromatic heterocycles. The maximum absolute atomic E-state index is 11.4. The Balaban J connectivity index is 1.25. The van der Waals surface area contributed by atoms with E-state index in [1.165, 1.54) is 24.0 Å². The lowest BCUT2D eigenvalue weighted by Gasteiger charge is -2.32. The molecule has 0 saturated carbocycles. The third kappa shape index (κ3) is 6.81. The molecular formula is C27H34BrNO4. The number of nitrogens with zero attached hydrogens (tertiary/aromatic N) is 1. The molecule has 6 heteroatoms. The molecule has 1 unspecified atom stereocenters. The van der Waals surface area contributed by atoms with Crippen molar-refractivity contribution < 1.29 is 19.0 Å². The van der Waals surface area contributed by atoms with Crippen molar-refractivity contribution in [3.8, 4) is 11.5 Å². The highest BCUT2D eigenvalue weighted by Crippen LogP contribution is 2.33. The lowest BCUT2D eigenvalue weighted by Crippen LogP contribution is -2.35. The smallest absolute Gasteiger partial charge is 0.127 e. The van der Waals surface area contributed by atoms with Crippen molar-refractivity contribution >= 4 is 22.2 Å². The highest BCUT2D eigenvalue weighted by Gasteiger charge is 2.22. The second-order valence-electron chi connectivity index (χ2n) is 9.13. The third-order valence-corrected chi connectivity index (χ3v) is 7.22. The predicted octanol–water partition coefficient (Wildman–Crippen LogP) is 5.04. The summed E-state index contributed by atoms with van der Waals surface area (Å²) in [6.07, 6.45) is 6.39. The standard InChI is InChI=1S/C27H34BrNO4/c1-31-12-13-32-25-16-22(15-24(28)18-25)14-21-5-9-29(10-6-21)8-4-20-2-3-27-26(17-20)23(19-30)7-11-33-27/h2-3,15-19,21,23H,4-14H2,1H3. The van der Waals surface area contributed by atoms with Crippen LogP contribution in [0.4, 0.5) is 0 Å². The number of fused-ring (bicyclic) bond motifs is 1. The minimum atomic E-state index is -0.0200. The highest BCUT2D eigenvalue weighted by molar-refractivity contribution is 9.10. The number of methoxy groups -OCH3 is 1. The number of hydrogen-bond acceptors (Lipinski definition) is 5. The lowest BCUT2D eigenvalue weighted by molar-refractivity contribution is -0.109. The van der Waals surface area contributed by atoms with Crippen molar-refractivity contribution in [2.75, 3.05) is 46.6 Å². The summed E-state index contributed by atoms with van der Waals surface area (Å²) in [5.41, 5.74) is 3.69. The number of likely N-dealkylation sites (tertiary alicyclic amines) is 1. The van der Waals surface area contributed by atoms with Gasteiger partial charge in [0.25, 0.3) is 0 Å². The van der Waals surface area contributed by atoms with Gasteiger partial charge in [0.15, 0.2) is 0 Å². The van der Waals surface area contributed by atoms with Crippen LogP contribution in [-0.4, -0.2) is 57.8 Å². The second-order valence-corrected chi connectivity index (χ2v) is 10.0. The zero-order chi connectivity index (χ0) is 23.0. The molecule has 178 valence electrons. The van der Waals surface area contributed by atoms with Gasteiger partial charge < -0.3 is 23.9 Å². The molecular weight excluding hydrogens is 482 g/mol. The number of rotatable bonds is 10. The van der Waals surface area contributed by atoms with Crippen molar-refractivity contribution in [3.05, 3.63) is 57.6 Å². The first-order valence-electron chi connectivity index (χ1n) is 12.0. The van der Waals surface area contributed by atoms with E-state index in [0.29, 0.717) is 25.7 Å². The molecule has 33 heavy (non-hydrogen) atoms. The summed E-state index contributed by atoms with van der Waals surface area (Å²) in [7, 11) is 1.69. The average molecular weight is 516 g/mol. The summed E-state index contributed by atoms with van der Waals surface area (Å²) >= 11 is 3.62. The number of hydrogen-bond donors (Lipinski definition) is 0. The Hall–Kier alpha value is -1.89. The molecule has 2 heterocycles. The quantitative estimate of drug-likeness (QED) is 0.327. The molecule has 5 nitrogen and oxygen atoms in total. The van der Waals surface area contributed by atoms with Crippen LogP contribution in [0.1, 0.15) is 41.9 Å². The molecule has 0 N–H and O–H groups in total. The Morgan fingerprint density at radius 3 is 2.73 bits per heavy atom. The number of piperidine rings is 1. The van der Waals surface area contributed by atoms with Crippen LogP contribution in [0, 0.1) is 5.92 Å². The van der Waals surface area contributed by atoms with Gasteiger partial charge >= 0.3 is 0 Å². The third-order valence-electron chi connectivity index (χ3n) is 6.76. The predicted molar refractivity (Wildman–Crippen MR) is 133 cm³/mol. The zero-order valence-electron chi connectivity index (χ0n) is 19.4. The van der Waals surface area contributed by atoms with E-state index >= 15 is 0 Å². The van der Waals surface area contributed by atoms with E-state index in [1.54, 1.807) is 7.11 Å². The molecule has 1 fully saturated rings. The van der Waals surface area contributed by atoms with Crippen LogP contribution in [0.25, 0.3) is 0 Å². The molecule has 2 aromatic carbocycles. The van der Waals surface area contributed by atoms with Gasteiger partial charge in [0.1, 0.15) is 24.4 Å². The van der Waals surface area contributed by atoms with Gasteiger partial charge in [0.2, 0.25) is 0 Å². The lowest BCUT2D eigenvalue weighted by atomic mass is 9.89. The molecule has 2 aliphatic rings. The Morgan fingerprint density at radius 1 is 1.09 bits per heavy atom. The molecule has 0 amide bonds. The van der Waals surface area contributed by atoms with Gasteiger partial charge in [0.05, 0.1) is 13.2 Å². The average Bonchev–Trinajstić information content (AvgIpc) is 2.83. The van der Waals surface area contributed by atoms with Gasteiger partial charge in [-0.05, 0) is 86.5 Å². The minimum Gasteiger partial charge on any atom is -0.493 e. The number of carbonyl (C=O) groups is 1. The highest BCUT2D eigenvalue weighted by atomic mass is 79.9. The van der Waals surface area contributed by atoms with E-state index < -0.39 is 0 Å². The minimum absolute atomic E-state index is 0.0200. The number of halogens is 1. The Labute approximate surface area is 205 Å². The first kappa shape index (κ1) is 24.2. The molecule has 1 saturated heterocycles. The van der Waals surface area contributed by atoms with Gasteiger partial charge in [-0.3, -0.25) is 0 Å². The van der Waals surface area contributed by atoms with Crippen LogP contribution in [0.3, 0.4) is 0 Å². The van der Waals surface area contributed by atoms with Crippen molar-refractivity contribution in [3.63, 3.8) is 0 Å². The van der Waals surface area contributed by atoms with Crippen LogP contribution in [0.5, 0.6) is 11.5 Å². The first-order chi connectivity index (χ1) is 16.1. The number of ether oxygens (including phenoxy) is 3. The van der Waals surface area contributed by atoms with Gasteiger partial charge in [0, 0.05) is 29.6 Å². The van der Waals surface area contributed by atoms with Crippen LogP contribution in [0.15, 0.2) is 40.9 Å². The van der Waals surface area contributed by atoms with Gasteiger partial charge in [-0.15, -0.1) is 0 Å². The fourth-order valence-corrected chi connectivity index (χ4v) is 5.39. The molecule has 2 aliphatic heterocycles. The molecule has 4 rings (SSSR count). The Bertz CT molecular complexity index is 926. The second kappa shape index (κ2) is 12.0. The van der Waals surface area contributed by atoms with Crippen LogP contribution in [-0.2, 0) is 22.4 Å². The van der Waals surface area contributed by atoms with Gasteiger partial charge in [-0.1, -0.05) is 28.1 Å². The van der Waals surface area contributed by atoms with E-state index in [9.17, 15) is 4.79 Å². The SMILES string of the molecule is COCCOc1cc(Br)cc(CC2CCN(CCc3ccc4c(c3)C(C=O)CCO4)CC2)c1. The van der Waals surface area contributed by atoms with Gasteiger partial charge in [-0.25, -0.2) is 0 Å². The number of aldehydes is 1. The summed E-state index contributed by atoms with van der Waals surface area (Å²) in [6, 6.07) is 12.8. The fraction of sp³-hybridized carbons (Fsp3) is 0.519. The van der Waals surface area contributed by atoms with E-state index in [1.807, 2.05) is 12.1 Å². The molecule has 0 spiro atoms. The largest absolute Gasteiger partial charge is 0.493 e. The fourth-order valence-electron chi connectivity index (χ4n) is 4.87. The molecule has 1 atom stereocenters. The van der Waals surface area contributed by atoms with E-state index in [0.717, 1.165) is 66.7 Å².